The van der Waals surface area contributed by atoms with E-state index in [1.807, 2.05) is 24.0 Å². The lowest BCUT2D eigenvalue weighted by molar-refractivity contribution is -0.135. The van der Waals surface area contributed by atoms with Crippen LogP contribution in [-0.4, -0.2) is 42.2 Å². The van der Waals surface area contributed by atoms with Crippen LogP contribution in [0.15, 0.2) is 18.2 Å². The van der Waals surface area contributed by atoms with Gasteiger partial charge in [-0.15, -0.1) is 0 Å². The first-order valence-corrected chi connectivity index (χ1v) is 8.13. The van der Waals surface area contributed by atoms with Crippen molar-refractivity contribution in [1.82, 2.24) is 4.90 Å². The number of likely N-dealkylation sites (tertiary alicyclic amines) is 1. The summed E-state index contributed by atoms with van der Waals surface area (Å²) in [6, 6.07) is 6.17. The topological polar surface area (TPSA) is 49.8 Å². The highest BCUT2D eigenvalue weighted by molar-refractivity contribution is 5.78. The molecule has 0 bridgehead atoms. The number of rotatable bonds is 5. The Balaban J connectivity index is 1.94. The lowest BCUT2D eigenvalue weighted by atomic mass is 9.99. The molecule has 1 atom stereocenters. The molecular formula is C18H27NO3. The van der Waals surface area contributed by atoms with Crippen molar-refractivity contribution >= 4 is 5.91 Å². The fraction of sp³-hybridized carbons (Fsp3) is 0.611. The van der Waals surface area contributed by atoms with Gasteiger partial charge in [-0.3, -0.25) is 4.79 Å². The Morgan fingerprint density at radius 3 is 2.91 bits per heavy atom. The maximum absolute atomic E-state index is 12.3. The van der Waals surface area contributed by atoms with Crippen molar-refractivity contribution in [2.75, 3.05) is 26.3 Å². The van der Waals surface area contributed by atoms with E-state index >= 15 is 0 Å². The number of amides is 1. The molecule has 1 unspecified atom stereocenters. The molecule has 0 saturated carbocycles. The average Bonchev–Trinajstić information content (AvgIpc) is 2.53. The number of hydrogen-bond donors (Lipinski definition) is 1. The molecule has 1 N–H and O–H groups in total. The Hall–Kier alpha value is -1.55. The fourth-order valence-electron chi connectivity index (χ4n) is 2.80. The second-order valence-electron chi connectivity index (χ2n) is 6.50. The maximum atomic E-state index is 12.3. The van der Waals surface area contributed by atoms with Gasteiger partial charge in [0.25, 0.3) is 5.91 Å². The first kappa shape index (κ1) is 16.8. The summed E-state index contributed by atoms with van der Waals surface area (Å²) in [5, 5.41) is 9.25. The third-order valence-electron chi connectivity index (χ3n) is 4.36. The van der Waals surface area contributed by atoms with Crippen molar-refractivity contribution in [3.63, 3.8) is 0 Å². The predicted molar refractivity (Wildman–Crippen MR) is 87.2 cm³/mol. The molecule has 1 saturated heterocycles. The Kier molecular flexibility index (Phi) is 5.83. The summed E-state index contributed by atoms with van der Waals surface area (Å²) < 4.78 is 5.76. The Morgan fingerprint density at radius 1 is 1.45 bits per heavy atom. The number of hydrogen-bond acceptors (Lipinski definition) is 3. The molecule has 1 heterocycles. The van der Waals surface area contributed by atoms with E-state index in [4.69, 9.17) is 4.74 Å². The van der Waals surface area contributed by atoms with Gasteiger partial charge in [0, 0.05) is 19.7 Å². The van der Waals surface area contributed by atoms with Crippen LogP contribution < -0.4 is 4.74 Å². The monoisotopic (exact) mass is 305 g/mol. The molecule has 0 aliphatic carbocycles. The zero-order valence-corrected chi connectivity index (χ0v) is 13.8. The second-order valence-corrected chi connectivity index (χ2v) is 6.50. The summed E-state index contributed by atoms with van der Waals surface area (Å²) in [7, 11) is 0. The molecular weight excluding hydrogens is 278 g/mol. The molecule has 1 aliphatic rings. The van der Waals surface area contributed by atoms with Gasteiger partial charge >= 0.3 is 0 Å². The molecule has 1 aromatic rings. The predicted octanol–water partition coefficient (Wildman–Crippen LogP) is 2.73. The Labute approximate surface area is 133 Å². The van der Waals surface area contributed by atoms with Gasteiger partial charge in [0.15, 0.2) is 6.61 Å². The second kappa shape index (κ2) is 7.63. The quantitative estimate of drug-likeness (QED) is 0.910. The number of aliphatic hydroxyl groups excluding tert-OH is 1. The fourth-order valence-corrected chi connectivity index (χ4v) is 2.80. The first-order chi connectivity index (χ1) is 10.5. The van der Waals surface area contributed by atoms with Gasteiger partial charge < -0.3 is 14.7 Å². The molecule has 22 heavy (non-hydrogen) atoms. The minimum absolute atomic E-state index is 0.00694. The van der Waals surface area contributed by atoms with Crippen molar-refractivity contribution in [2.45, 2.75) is 39.5 Å². The summed E-state index contributed by atoms with van der Waals surface area (Å²) in [6.45, 7) is 7.91. The zero-order valence-electron chi connectivity index (χ0n) is 13.8. The first-order valence-electron chi connectivity index (χ1n) is 8.13. The number of carbonyl (C=O) groups is 1. The molecule has 4 nitrogen and oxygen atoms in total. The number of nitrogens with zero attached hydrogens (tertiary/aromatic N) is 1. The summed E-state index contributed by atoms with van der Waals surface area (Å²) in [5.74, 6) is 1.44. The highest BCUT2D eigenvalue weighted by Crippen LogP contribution is 2.24. The van der Waals surface area contributed by atoms with Gasteiger partial charge in [-0.2, -0.15) is 0 Å². The number of piperidine rings is 1. The zero-order chi connectivity index (χ0) is 16.1. The molecule has 1 fully saturated rings. The molecule has 122 valence electrons. The SMILES string of the molecule is Cc1ccc(C(C)C)cc1OCC(=O)N1CCCC(CO)C1. The number of carbonyl (C=O) groups excluding carboxylic acids is 1. The van der Waals surface area contributed by atoms with Crippen LogP contribution >= 0.6 is 0 Å². The standard InChI is InChI=1S/C18H27NO3/c1-13(2)16-7-6-14(3)17(9-16)22-12-18(21)19-8-4-5-15(10-19)11-20/h6-7,9,13,15,20H,4-5,8,10-12H2,1-3H3. The summed E-state index contributed by atoms with van der Waals surface area (Å²) in [6.07, 6.45) is 1.95. The van der Waals surface area contributed by atoms with Crippen LogP contribution in [0.3, 0.4) is 0 Å². The van der Waals surface area contributed by atoms with E-state index in [0.717, 1.165) is 30.7 Å². The lowest BCUT2D eigenvalue weighted by Gasteiger charge is -2.31. The summed E-state index contributed by atoms with van der Waals surface area (Å²) in [5.41, 5.74) is 2.26. The van der Waals surface area contributed by atoms with Crippen LogP contribution in [0, 0.1) is 12.8 Å². The minimum atomic E-state index is 0.00694. The number of ether oxygens (including phenoxy) is 1. The van der Waals surface area contributed by atoms with Crippen molar-refractivity contribution < 1.29 is 14.6 Å². The average molecular weight is 305 g/mol. The Bertz CT molecular complexity index is 513. The van der Waals surface area contributed by atoms with Crippen LogP contribution in [0.1, 0.15) is 43.7 Å². The van der Waals surface area contributed by atoms with Crippen LogP contribution in [0.25, 0.3) is 0 Å². The van der Waals surface area contributed by atoms with E-state index < -0.39 is 0 Å². The van der Waals surface area contributed by atoms with Crippen LogP contribution in [0.5, 0.6) is 5.75 Å². The molecule has 0 spiro atoms. The van der Waals surface area contributed by atoms with E-state index in [0.29, 0.717) is 12.5 Å². The molecule has 1 amide bonds. The molecule has 0 radical (unpaired) electrons. The van der Waals surface area contributed by atoms with Gasteiger partial charge in [0.1, 0.15) is 5.75 Å². The largest absolute Gasteiger partial charge is 0.483 e. The van der Waals surface area contributed by atoms with Crippen molar-refractivity contribution in [3.05, 3.63) is 29.3 Å². The van der Waals surface area contributed by atoms with Crippen molar-refractivity contribution in [1.29, 1.82) is 0 Å². The Morgan fingerprint density at radius 2 is 2.23 bits per heavy atom. The third kappa shape index (κ3) is 4.23. The lowest BCUT2D eigenvalue weighted by Crippen LogP contribution is -2.43. The van der Waals surface area contributed by atoms with Crippen LogP contribution in [-0.2, 0) is 4.79 Å². The van der Waals surface area contributed by atoms with Gasteiger partial charge in [-0.1, -0.05) is 26.0 Å². The van der Waals surface area contributed by atoms with Gasteiger partial charge in [0.05, 0.1) is 0 Å². The van der Waals surface area contributed by atoms with E-state index in [2.05, 4.69) is 19.9 Å². The number of aryl methyl sites for hydroxylation is 1. The summed E-state index contributed by atoms with van der Waals surface area (Å²) >= 11 is 0. The third-order valence-corrected chi connectivity index (χ3v) is 4.36. The number of aliphatic hydroxyl groups is 1. The van der Waals surface area contributed by atoms with Gasteiger partial charge in [-0.25, -0.2) is 0 Å². The van der Waals surface area contributed by atoms with Crippen LogP contribution in [0.2, 0.25) is 0 Å². The van der Waals surface area contributed by atoms with E-state index in [9.17, 15) is 9.90 Å². The summed E-state index contributed by atoms with van der Waals surface area (Å²) in [4.78, 5) is 14.1. The molecule has 4 heteroatoms. The number of benzene rings is 1. The van der Waals surface area contributed by atoms with E-state index in [1.54, 1.807) is 0 Å². The van der Waals surface area contributed by atoms with Gasteiger partial charge in [0.2, 0.25) is 0 Å². The normalized spacial score (nSPS) is 18.6. The van der Waals surface area contributed by atoms with E-state index in [-0.39, 0.29) is 25.0 Å². The maximum Gasteiger partial charge on any atom is 0.260 e. The molecule has 2 rings (SSSR count). The van der Waals surface area contributed by atoms with E-state index in [1.165, 1.54) is 5.56 Å². The van der Waals surface area contributed by atoms with Crippen molar-refractivity contribution in [2.24, 2.45) is 5.92 Å². The molecule has 1 aliphatic heterocycles. The highest BCUT2D eigenvalue weighted by Gasteiger charge is 2.23. The van der Waals surface area contributed by atoms with Crippen molar-refractivity contribution in [3.8, 4) is 5.75 Å². The highest BCUT2D eigenvalue weighted by atomic mass is 16.5. The minimum Gasteiger partial charge on any atom is -0.483 e. The molecule has 1 aromatic carbocycles. The smallest absolute Gasteiger partial charge is 0.260 e. The van der Waals surface area contributed by atoms with Gasteiger partial charge in [-0.05, 0) is 48.8 Å². The molecule has 0 aromatic heterocycles. The van der Waals surface area contributed by atoms with Crippen LogP contribution in [0.4, 0.5) is 0 Å².